The maximum absolute atomic E-state index is 13.9. The predicted octanol–water partition coefficient (Wildman–Crippen LogP) is 5.98. The lowest BCUT2D eigenvalue weighted by Gasteiger charge is -2.37. The molecule has 7 rings (SSSR count). The first kappa shape index (κ1) is 57.3. The highest BCUT2D eigenvalue weighted by Crippen LogP contribution is 2.32. The first-order valence-electron chi connectivity index (χ1n) is 24.7. The lowest BCUT2D eigenvalue weighted by Crippen LogP contribution is -2.72. The summed E-state index contributed by atoms with van der Waals surface area (Å²) in [5.41, 5.74) is -1.35. The van der Waals surface area contributed by atoms with Crippen LogP contribution in [0.5, 0.6) is 11.5 Å². The summed E-state index contributed by atoms with van der Waals surface area (Å²) in [6.07, 6.45) is 4.43. The Hall–Kier alpha value is -8.45. The van der Waals surface area contributed by atoms with Gasteiger partial charge in [-0.3, -0.25) is 29.2 Å². The van der Waals surface area contributed by atoms with Crippen LogP contribution >= 0.6 is 22.7 Å². The number of carbonyl (C=O) groups excluding carboxylic acids is 6. The maximum atomic E-state index is 13.9. The van der Waals surface area contributed by atoms with Crippen molar-refractivity contribution in [2.75, 3.05) is 18.4 Å². The zero-order valence-corrected chi connectivity index (χ0v) is 46.1. The minimum Gasteiger partial charge on any atom is -0.618 e. The van der Waals surface area contributed by atoms with Gasteiger partial charge in [-0.25, -0.2) is 19.6 Å². The zero-order valence-electron chi connectivity index (χ0n) is 44.5. The Labute approximate surface area is 457 Å². The van der Waals surface area contributed by atoms with Gasteiger partial charge < -0.3 is 50.3 Å². The number of oxime groups is 1. The minimum absolute atomic E-state index is 0.0538. The van der Waals surface area contributed by atoms with E-state index in [4.69, 9.17) is 23.8 Å². The molecule has 4 aromatic heterocycles. The average molecular weight is 1110 g/mol. The average Bonchev–Trinajstić information content (AvgIpc) is 4.18. The first-order valence-corrected chi connectivity index (χ1v) is 26.3. The van der Waals surface area contributed by atoms with Gasteiger partial charge in [-0.2, -0.15) is 9.83 Å². The molecular formula is C53H61N11O12S2. The van der Waals surface area contributed by atoms with Gasteiger partial charge in [0.15, 0.2) is 16.6 Å². The molecule has 23 nitrogen and oxygen atoms in total. The van der Waals surface area contributed by atoms with Crippen molar-refractivity contribution in [3.8, 4) is 22.1 Å². The molecular weight excluding hydrogens is 1050 g/mol. The molecule has 2 atom stereocenters. The van der Waals surface area contributed by atoms with Crippen molar-refractivity contribution < 1.29 is 57.3 Å². The van der Waals surface area contributed by atoms with Gasteiger partial charge in [-0.1, -0.05) is 65.8 Å². The van der Waals surface area contributed by atoms with Crippen molar-refractivity contribution >= 4 is 69.2 Å². The van der Waals surface area contributed by atoms with Gasteiger partial charge in [0.05, 0.1) is 24.5 Å². The number of thiazole rings is 2. The third-order valence-corrected chi connectivity index (χ3v) is 12.9. The molecule has 5 N–H and O–H groups in total. The number of aryl methyl sites for hydroxylation is 1. The first-order chi connectivity index (χ1) is 36.9. The SMILES string of the molecule is Cc1c(OCc2ccccc2)c(OCc2ccccc2)cc(C(=O)NCCCn2cc(-c3ncc(C(=O)NC[C@H]4NC(=O)[C@H]4NC(=O)/C(=N\OC(C)(C)C(=O)OC(C)(C)C)c4csc(NC(=O)OC(C)(C)C)n4)s3)cn2)[n+]1[O-]. The molecule has 0 bridgehead atoms. The Morgan fingerprint density at radius 1 is 0.872 bits per heavy atom. The molecule has 2 aromatic carbocycles. The van der Waals surface area contributed by atoms with Gasteiger partial charge >= 0.3 is 18.0 Å². The van der Waals surface area contributed by atoms with Crippen LogP contribution < -0.4 is 40.8 Å². The van der Waals surface area contributed by atoms with Crippen molar-refractivity contribution in [3.05, 3.63) is 129 Å². The summed E-state index contributed by atoms with van der Waals surface area (Å²) in [5.74, 6) is -2.80. The highest BCUT2D eigenvalue weighted by molar-refractivity contribution is 7.17. The number of nitrogens with one attached hydrogen (secondary N) is 5. The van der Waals surface area contributed by atoms with Crippen LogP contribution in [0.3, 0.4) is 0 Å². The number of rotatable bonds is 22. The van der Waals surface area contributed by atoms with Crippen LogP contribution in [0.4, 0.5) is 9.93 Å². The van der Waals surface area contributed by atoms with Crippen molar-refractivity contribution in [1.29, 1.82) is 0 Å². The third kappa shape index (κ3) is 15.6. The monoisotopic (exact) mass is 1110 g/mol. The second-order valence-electron chi connectivity index (χ2n) is 20.3. The minimum atomic E-state index is -1.67. The second kappa shape index (κ2) is 24.7. The molecule has 5 amide bonds. The summed E-state index contributed by atoms with van der Waals surface area (Å²) in [5, 5.41) is 37.2. The fourth-order valence-corrected chi connectivity index (χ4v) is 8.65. The van der Waals surface area contributed by atoms with Crippen LogP contribution in [0.1, 0.15) is 104 Å². The molecule has 0 unspecified atom stereocenters. The van der Waals surface area contributed by atoms with Gasteiger partial charge in [0.1, 0.15) is 46.0 Å². The highest BCUT2D eigenvalue weighted by atomic mass is 32.1. The standard InChI is InChI=1S/C53H61N11O12S2/c1-31-42(73-29-33-19-14-11-15-20-33)38(72-28-32-17-12-10-13-18-32)23-37(64(31)71)43(65)54-21-16-22-63-27-34(24-57-63)47-56-26-39(78-47)44(66)55-25-35-40(45(67)58-35)60-46(68)41(62-76-53(8,9)48(69)74-51(2,3)4)36-30-77-49(59-36)61-50(70)75-52(5,6)7/h10-15,17-20,23-24,26-27,30,35,40H,16,21-22,25,28-29H2,1-9H3,(H,54,65)(H,55,66)(H,58,67)(H,60,68)(H,59,61,70)/b62-41-/t35-,40+/m1/s1. The quantitative estimate of drug-likeness (QED) is 0.00993. The van der Waals surface area contributed by atoms with Crippen LogP contribution in [0, 0.1) is 12.1 Å². The number of ether oxygens (including phenoxy) is 4. The summed E-state index contributed by atoms with van der Waals surface area (Å²) < 4.78 is 25.2. The molecule has 1 aliphatic heterocycles. The topological polar surface area (TPSA) is 292 Å². The van der Waals surface area contributed by atoms with Gasteiger partial charge in [-0.15, -0.1) is 22.7 Å². The van der Waals surface area contributed by atoms with Crippen LogP contribution in [-0.2, 0) is 48.5 Å². The summed E-state index contributed by atoms with van der Waals surface area (Å²) in [6.45, 7) is 15.4. The molecule has 78 heavy (non-hydrogen) atoms. The molecule has 0 spiro atoms. The van der Waals surface area contributed by atoms with E-state index in [9.17, 15) is 34.0 Å². The molecule has 1 saturated heterocycles. The number of pyridine rings is 1. The molecule has 1 fully saturated rings. The Morgan fingerprint density at radius 2 is 1.54 bits per heavy atom. The molecule has 6 aromatic rings. The van der Waals surface area contributed by atoms with E-state index in [1.54, 1.807) is 65.5 Å². The summed E-state index contributed by atoms with van der Waals surface area (Å²) in [7, 11) is 0. The number of nitrogens with zero attached hydrogens (tertiary/aromatic N) is 6. The molecule has 0 saturated carbocycles. The number of anilines is 1. The van der Waals surface area contributed by atoms with E-state index < -0.39 is 70.3 Å². The largest absolute Gasteiger partial charge is 0.618 e. The van der Waals surface area contributed by atoms with Gasteiger partial charge in [0, 0.05) is 43.7 Å². The molecule has 5 heterocycles. The summed E-state index contributed by atoms with van der Waals surface area (Å²) in [4.78, 5) is 93.4. The number of carbonyl (C=O) groups is 6. The number of aromatic nitrogens is 5. The molecule has 0 radical (unpaired) electrons. The Balaban J connectivity index is 0.921. The fourth-order valence-electron chi connectivity index (χ4n) is 7.16. The Bertz CT molecular complexity index is 3160. The van der Waals surface area contributed by atoms with E-state index in [0.29, 0.717) is 28.3 Å². The Kier molecular flexibility index (Phi) is 18.1. The Morgan fingerprint density at radius 3 is 2.19 bits per heavy atom. The number of benzene rings is 2. The molecule has 0 aliphatic carbocycles. The number of hydrogen-bond acceptors (Lipinski definition) is 18. The van der Waals surface area contributed by atoms with Crippen LogP contribution in [0.25, 0.3) is 10.6 Å². The zero-order chi connectivity index (χ0) is 56.4. The van der Waals surface area contributed by atoms with Crippen LogP contribution in [0.15, 0.2) is 95.9 Å². The van der Waals surface area contributed by atoms with Crippen molar-refractivity contribution in [3.63, 3.8) is 0 Å². The highest BCUT2D eigenvalue weighted by Gasteiger charge is 2.42. The summed E-state index contributed by atoms with van der Waals surface area (Å²) in [6, 6.07) is 18.5. The number of esters is 1. The van der Waals surface area contributed by atoms with Gasteiger partial charge in [0.2, 0.25) is 23.0 Å². The molecule has 25 heteroatoms. The van der Waals surface area contributed by atoms with E-state index >= 15 is 0 Å². The normalized spacial score (nSPS) is 14.5. The number of hydrogen-bond donors (Lipinski definition) is 5. The van der Waals surface area contributed by atoms with Crippen molar-refractivity contribution in [2.45, 2.75) is 117 Å². The maximum Gasteiger partial charge on any atom is 0.413 e. The van der Waals surface area contributed by atoms with Crippen LogP contribution in [-0.4, -0.2) is 103 Å². The fraction of sp³-hybridized carbons (Fsp3) is 0.377. The van der Waals surface area contributed by atoms with E-state index in [-0.39, 0.29) is 64.9 Å². The third-order valence-electron chi connectivity index (χ3n) is 11.1. The molecule has 412 valence electrons. The smallest absolute Gasteiger partial charge is 0.413 e. The van der Waals surface area contributed by atoms with Crippen molar-refractivity contribution in [2.24, 2.45) is 5.16 Å². The molecule has 1 aliphatic rings. The van der Waals surface area contributed by atoms with Gasteiger partial charge in [-0.05, 0) is 72.9 Å². The lowest BCUT2D eigenvalue weighted by atomic mass is 9.98. The number of amides is 5. The van der Waals surface area contributed by atoms with E-state index in [1.165, 1.54) is 31.5 Å². The number of β-lactam (4-membered cyclic amide) rings is 1. The van der Waals surface area contributed by atoms with E-state index in [2.05, 4.69) is 46.8 Å². The second-order valence-corrected chi connectivity index (χ2v) is 22.2. The lowest BCUT2D eigenvalue weighted by molar-refractivity contribution is -0.615. The van der Waals surface area contributed by atoms with Crippen molar-refractivity contribution in [1.82, 2.24) is 41.0 Å². The van der Waals surface area contributed by atoms with Gasteiger partial charge in [0.25, 0.3) is 17.5 Å². The summed E-state index contributed by atoms with van der Waals surface area (Å²) >= 11 is 2.07. The predicted molar refractivity (Wildman–Crippen MR) is 288 cm³/mol. The van der Waals surface area contributed by atoms with E-state index in [0.717, 1.165) is 33.8 Å². The van der Waals surface area contributed by atoms with Crippen LogP contribution in [0.2, 0.25) is 0 Å². The van der Waals surface area contributed by atoms with E-state index in [1.807, 2.05) is 60.7 Å².